The van der Waals surface area contributed by atoms with E-state index in [2.05, 4.69) is 16.1 Å². The number of pyridine rings is 1. The number of aryl methyl sites for hydroxylation is 2. The van der Waals surface area contributed by atoms with Gasteiger partial charge in [0, 0.05) is 37.5 Å². The van der Waals surface area contributed by atoms with Gasteiger partial charge in [-0.3, -0.25) is 4.68 Å². The van der Waals surface area contributed by atoms with Gasteiger partial charge in [-0.2, -0.15) is 5.10 Å². The van der Waals surface area contributed by atoms with E-state index in [0.29, 0.717) is 5.88 Å². The Morgan fingerprint density at radius 3 is 2.68 bits per heavy atom. The van der Waals surface area contributed by atoms with Gasteiger partial charge in [-0.25, -0.2) is 4.98 Å². The lowest BCUT2D eigenvalue weighted by molar-refractivity contribution is 0.397. The van der Waals surface area contributed by atoms with Crippen molar-refractivity contribution in [3.8, 4) is 5.88 Å². The quantitative estimate of drug-likeness (QED) is 0.878. The molecule has 0 aliphatic rings. The fraction of sp³-hybridized carbons (Fsp3) is 0.429. The summed E-state index contributed by atoms with van der Waals surface area (Å²) in [7, 11) is 3.56. The van der Waals surface area contributed by atoms with Gasteiger partial charge < -0.3 is 10.5 Å². The molecule has 0 saturated heterocycles. The minimum absolute atomic E-state index is 0.0602. The van der Waals surface area contributed by atoms with Crippen LogP contribution in [-0.2, 0) is 19.9 Å². The first-order valence-corrected chi connectivity index (χ1v) is 6.32. The molecule has 0 amide bonds. The number of hydrogen-bond donors (Lipinski definition) is 1. The third kappa shape index (κ3) is 3.54. The van der Waals surface area contributed by atoms with E-state index in [1.807, 2.05) is 37.0 Å². The average Bonchev–Trinajstić information content (AvgIpc) is 2.68. The van der Waals surface area contributed by atoms with E-state index in [9.17, 15) is 0 Å². The monoisotopic (exact) mass is 260 g/mol. The molecular weight excluding hydrogens is 240 g/mol. The number of rotatable bonds is 5. The molecule has 2 heterocycles. The van der Waals surface area contributed by atoms with E-state index < -0.39 is 0 Å². The highest BCUT2D eigenvalue weighted by atomic mass is 16.5. The van der Waals surface area contributed by atoms with Crippen LogP contribution in [0, 0.1) is 6.92 Å². The molecule has 2 aromatic rings. The summed E-state index contributed by atoms with van der Waals surface area (Å²) in [5.41, 5.74) is 9.49. The van der Waals surface area contributed by atoms with Crippen molar-refractivity contribution in [2.75, 3.05) is 7.11 Å². The average molecular weight is 260 g/mol. The first-order valence-electron chi connectivity index (χ1n) is 6.32. The van der Waals surface area contributed by atoms with E-state index in [1.165, 1.54) is 0 Å². The molecule has 1 atom stereocenters. The molecule has 1 unspecified atom stereocenters. The first-order chi connectivity index (χ1) is 9.08. The van der Waals surface area contributed by atoms with Crippen molar-refractivity contribution in [1.29, 1.82) is 0 Å². The van der Waals surface area contributed by atoms with E-state index >= 15 is 0 Å². The van der Waals surface area contributed by atoms with Crippen LogP contribution in [0.25, 0.3) is 0 Å². The lowest BCUT2D eigenvalue weighted by Gasteiger charge is -2.11. The van der Waals surface area contributed by atoms with Gasteiger partial charge in [0.2, 0.25) is 5.88 Å². The lowest BCUT2D eigenvalue weighted by Crippen LogP contribution is -2.26. The van der Waals surface area contributed by atoms with Crippen LogP contribution in [0.4, 0.5) is 0 Å². The van der Waals surface area contributed by atoms with Crippen molar-refractivity contribution < 1.29 is 4.74 Å². The van der Waals surface area contributed by atoms with Gasteiger partial charge in [-0.15, -0.1) is 0 Å². The molecule has 0 fully saturated rings. The van der Waals surface area contributed by atoms with Gasteiger partial charge >= 0.3 is 0 Å². The Bertz CT molecular complexity index is 533. The molecule has 19 heavy (non-hydrogen) atoms. The maximum Gasteiger partial charge on any atom is 0.212 e. The predicted molar refractivity (Wildman–Crippen MR) is 74.1 cm³/mol. The van der Waals surface area contributed by atoms with Crippen molar-refractivity contribution >= 4 is 0 Å². The Morgan fingerprint density at radius 1 is 1.37 bits per heavy atom. The Balaban J connectivity index is 1.96. The predicted octanol–water partition coefficient (Wildman–Crippen LogP) is 1.24. The fourth-order valence-corrected chi connectivity index (χ4v) is 2.15. The van der Waals surface area contributed by atoms with Crippen molar-refractivity contribution in [3.05, 3.63) is 41.3 Å². The Kier molecular flexibility index (Phi) is 4.16. The molecular formula is C14H20N4O. The number of ether oxygens (including phenoxy) is 1. The zero-order valence-corrected chi connectivity index (χ0v) is 11.6. The summed E-state index contributed by atoms with van der Waals surface area (Å²) in [5, 5.41) is 4.33. The molecule has 2 N–H and O–H groups in total. The smallest absolute Gasteiger partial charge is 0.212 e. The number of aromatic nitrogens is 3. The van der Waals surface area contributed by atoms with Gasteiger partial charge in [0.1, 0.15) is 0 Å². The van der Waals surface area contributed by atoms with Gasteiger partial charge in [0.15, 0.2) is 0 Å². The molecule has 0 bridgehead atoms. The second-order valence-electron chi connectivity index (χ2n) is 4.78. The minimum atomic E-state index is 0.0602. The van der Waals surface area contributed by atoms with Crippen LogP contribution in [-0.4, -0.2) is 27.9 Å². The number of hydrogen-bond acceptors (Lipinski definition) is 4. The molecule has 2 aromatic heterocycles. The Morgan fingerprint density at radius 2 is 2.16 bits per heavy atom. The summed E-state index contributed by atoms with van der Waals surface area (Å²) in [5.74, 6) is 0.625. The molecule has 0 aliphatic carbocycles. The lowest BCUT2D eigenvalue weighted by atomic mass is 10.0. The first kappa shape index (κ1) is 13.5. The van der Waals surface area contributed by atoms with Crippen LogP contribution in [0.2, 0.25) is 0 Å². The molecule has 2 rings (SSSR count). The highest BCUT2D eigenvalue weighted by Crippen LogP contribution is 2.11. The zero-order valence-electron chi connectivity index (χ0n) is 11.6. The standard InChI is InChI=1S/C14H20N4O/c1-10-6-13(18(2)17-10)8-12(15)7-11-4-5-14(19-3)16-9-11/h4-6,9,12H,7-8,15H2,1-3H3. The van der Waals surface area contributed by atoms with Crippen molar-refractivity contribution in [2.45, 2.75) is 25.8 Å². The van der Waals surface area contributed by atoms with Crippen LogP contribution in [0.3, 0.4) is 0 Å². The zero-order chi connectivity index (χ0) is 13.8. The van der Waals surface area contributed by atoms with Gasteiger partial charge in [0.05, 0.1) is 12.8 Å². The largest absolute Gasteiger partial charge is 0.481 e. The maximum absolute atomic E-state index is 6.19. The van der Waals surface area contributed by atoms with Gasteiger partial charge in [-0.1, -0.05) is 6.07 Å². The van der Waals surface area contributed by atoms with Crippen molar-refractivity contribution in [2.24, 2.45) is 12.8 Å². The molecule has 5 heteroatoms. The summed E-state index contributed by atoms with van der Waals surface area (Å²) in [6, 6.07) is 5.99. The van der Waals surface area contributed by atoms with Gasteiger partial charge in [-0.05, 0) is 25.0 Å². The van der Waals surface area contributed by atoms with Crippen LogP contribution >= 0.6 is 0 Å². The highest BCUT2D eigenvalue weighted by Gasteiger charge is 2.10. The second kappa shape index (κ2) is 5.84. The third-order valence-corrected chi connectivity index (χ3v) is 3.07. The van der Waals surface area contributed by atoms with E-state index in [-0.39, 0.29) is 6.04 Å². The molecule has 0 spiro atoms. The van der Waals surface area contributed by atoms with Crippen molar-refractivity contribution in [1.82, 2.24) is 14.8 Å². The molecule has 0 aromatic carbocycles. The van der Waals surface area contributed by atoms with E-state index in [1.54, 1.807) is 7.11 Å². The summed E-state index contributed by atoms with van der Waals surface area (Å²) in [6.45, 7) is 1.99. The summed E-state index contributed by atoms with van der Waals surface area (Å²) >= 11 is 0. The third-order valence-electron chi connectivity index (χ3n) is 3.07. The second-order valence-corrected chi connectivity index (χ2v) is 4.78. The summed E-state index contributed by atoms with van der Waals surface area (Å²) in [6.07, 6.45) is 3.41. The van der Waals surface area contributed by atoms with Crippen LogP contribution in [0.1, 0.15) is 17.0 Å². The van der Waals surface area contributed by atoms with Crippen LogP contribution < -0.4 is 10.5 Å². The topological polar surface area (TPSA) is 66.0 Å². The maximum atomic E-state index is 6.19. The Hall–Kier alpha value is -1.88. The normalized spacial score (nSPS) is 12.4. The number of nitrogens with two attached hydrogens (primary N) is 1. The molecule has 0 aliphatic heterocycles. The van der Waals surface area contributed by atoms with Crippen LogP contribution in [0.5, 0.6) is 5.88 Å². The minimum Gasteiger partial charge on any atom is -0.481 e. The molecule has 0 radical (unpaired) electrons. The summed E-state index contributed by atoms with van der Waals surface area (Å²) in [4.78, 5) is 4.18. The fourth-order valence-electron chi connectivity index (χ4n) is 2.15. The SMILES string of the molecule is COc1ccc(CC(N)Cc2cc(C)nn2C)cn1. The number of methoxy groups -OCH3 is 1. The van der Waals surface area contributed by atoms with Crippen LogP contribution in [0.15, 0.2) is 24.4 Å². The highest BCUT2D eigenvalue weighted by molar-refractivity contribution is 5.19. The molecule has 5 nitrogen and oxygen atoms in total. The van der Waals surface area contributed by atoms with E-state index in [4.69, 9.17) is 10.5 Å². The van der Waals surface area contributed by atoms with Crippen molar-refractivity contribution in [3.63, 3.8) is 0 Å². The summed E-state index contributed by atoms with van der Waals surface area (Å²) < 4.78 is 6.92. The molecule has 102 valence electrons. The Labute approximate surface area is 113 Å². The molecule has 0 saturated carbocycles. The number of nitrogens with zero attached hydrogens (tertiary/aromatic N) is 3. The van der Waals surface area contributed by atoms with Gasteiger partial charge in [0.25, 0.3) is 0 Å². The van der Waals surface area contributed by atoms with E-state index in [0.717, 1.165) is 29.8 Å².